The average molecular weight is 717 g/mol. The largest absolute Gasteiger partial charge is 0.147 e. The maximum absolute atomic E-state index is 6.23. The van der Waals surface area contributed by atoms with Gasteiger partial charge in [-0.1, -0.05) is 0 Å². The number of fused-ring (bicyclic) bond motifs is 2. The molecule has 0 heterocycles. The van der Waals surface area contributed by atoms with Crippen molar-refractivity contribution in [2.45, 2.75) is 73.5 Å². The predicted molar refractivity (Wildman–Crippen MR) is 195 cm³/mol. The molecule has 1 nitrogen and oxygen atoms in total. The van der Waals surface area contributed by atoms with Crippen molar-refractivity contribution in [2.75, 3.05) is 7.11 Å². The molecule has 234 valence electrons. The van der Waals surface area contributed by atoms with E-state index in [4.69, 9.17) is 4.74 Å². The van der Waals surface area contributed by atoms with Crippen LogP contribution in [0.3, 0.4) is 0 Å². The molecule has 0 saturated carbocycles. The first-order valence-corrected chi connectivity index (χ1v) is 18.4. The summed E-state index contributed by atoms with van der Waals surface area (Å²) in [5, 5.41) is 0. The van der Waals surface area contributed by atoms with Crippen molar-refractivity contribution in [3.05, 3.63) is 123 Å². The van der Waals surface area contributed by atoms with Crippen LogP contribution in [-0.2, 0) is 34.1 Å². The average Bonchev–Trinajstić information content (AvgIpc) is 3.46. The van der Waals surface area contributed by atoms with Crippen LogP contribution >= 0.6 is 24.8 Å². The number of hydrogen-bond acceptors (Lipinski definition) is 1. The van der Waals surface area contributed by atoms with Gasteiger partial charge in [0.15, 0.2) is 0 Å². The Labute approximate surface area is 295 Å². The van der Waals surface area contributed by atoms with Crippen LogP contribution in [0, 0.1) is 0 Å². The first-order chi connectivity index (χ1) is 20.4. The Hall–Kier alpha value is -2.38. The van der Waals surface area contributed by atoms with Gasteiger partial charge in [0.2, 0.25) is 0 Å². The van der Waals surface area contributed by atoms with Gasteiger partial charge >= 0.3 is 272 Å². The van der Waals surface area contributed by atoms with Gasteiger partial charge in [-0.25, -0.2) is 0 Å². The second-order valence-corrected chi connectivity index (χ2v) is 18.1. The molecule has 0 spiro atoms. The standard InChI is InChI=1S/C21H23O.C20H21.2ClH.Zr/c1-14-11-16-13-18(21(2,3)4)20(22-5)19(17(16)12-14)15-9-7-6-8-10-15;1-14-10-16-12-17(20(2,3)4)13-19(18(16)11-14)15-8-6-5-7-9-15;;;/h6-13H,1-5H3;5-13H,1-4H3;2*1H;. The number of rotatable bonds is 5. The van der Waals surface area contributed by atoms with Gasteiger partial charge < -0.3 is 0 Å². The number of halogens is 2. The summed E-state index contributed by atoms with van der Waals surface area (Å²) in [5.41, 5.74) is 16.9. The summed E-state index contributed by atoms with van der Waals surface area (Å²) in [7, 11) is 1.84. The fraction of sp³-hybridized carbons (Fsp3) is 0.317. The van der Waals surface area contributed by atoms with E-state index in [9.17, 15) is 0 Å². The van der Waals surface area contributed by atoms with Crippen molar-refractivity contribution in [2.24, 2.45) is 0 Å². The van der Waals surface area contributed by atoms with E-state index in [1.807, 2.05) is 7.11 Å². The molecule has 2 unspecified atom stereocenters. The zero-order chi connectivity index (χ0) is 30.7. The number of methoxy groups -OCH3 is 1. The minimum absolute atomic E-state index is 0. The van der Waals surface area contributed by atoms with Gasteiger partial charge in [-0.3, -0.25) is 0 Å². The molecule has 0 aliphatic heterocycles. The molecule has 0 fully saturated rings. The third kappa shape index (κ3) is 6.58. The molecule has 2 atom stereocenters. The molecule has 0 radical (unpaired) electrons. The van der Waals surface area contributed by atoms with Gasteiger partial charge in [0.05, 0.1) is 0 Å². The Bertz CT molecular complexity index is 1760. The monoisotopic (exact) mass is 714 g/mol. The summed E-state index contributed by atoms with van der Waals surface area (Å²) in [6.45, 7) is 18.7. The Morgan fingerprint density at radius 2 is 1.13 bits per heavy atom. The summed E-state index contributed by atoms with van der Waals surface area (Å²) in [5.74, 6) is 1.03. The molecule has 0 N–H and O–H groups in total. The quantitative estimate of drug-likeness (QED) is 0.200. The van der Waals surface area contributed by atoms with E-state index >= 15 is 0 Å². The fourth-order valence-corrected chi connectivity index (χ4v) is 11.4. The van der Waals surface area contributed by atoms with E-state index in [0.29, 0.717) is 7.25 Å². The third-order valence-electron chi connectivity index (χ3n) is 9.20. The Morgan fingerprint density at radius 1 is 0.622 bits per heavy atom. The minimum atomic E-state index is -1.04. The zero-order valence-electron chi connectivity index (χ0n) is 28.0. The minimum Gasteiger partial charge on any atom is -0.147 e. The van der Waals surface area contributed by atoms with Crippen LogP contribution in [0.1, 0.15) is 96.0 Å². The predicted octanol–water partition coefficient (Wildman–Crippen LogP) is 12.2. The van der Waals surface area contributed by atoms with Crippen molar-refractivity contribution in [3.63, 3.8) is 0 Å². The normalized spacial score (nSPS) is 16.9. The number of benzene rings is 4. The molecule has 4 aromatic carbocycles. The van der Waals surface area contributed by atoms with E-state index in [0.717, 1.165) is 5.75 Å². The molecule has 0 bridgehead atoms. The smallest absolute Gasteiger partial charge is 0.147 e. The molecule has 0 saturated heterocycles. The molecule has 2 aliphatic rings. The van der Waals surface area contributed by atoms with Crippen molar-refractivity contribution in [1.29, 1.82) is 0 Å². The third-order valence-corrected chi connectivity index (χ3v) is 14.6. The van der Waals surface area contributed by atoms with Crippen LogP contribution in [0.25, 0.3) is 34.4 Å². The Kier molecular flexibility index (Phi) is 10.6. The first kappa shape index (κ1) is 35.5. The van der Waals surface area contributed by atoms with Crippen LogP contribution in [0.4, 0.5) is 0 Å². The molecular formula is C41H46Cl2OZr. The Balaban J connectivity index is 0.00000230. The van der Waals surface area contributed by atoms with Crippen molar-refractivity contribution >= 4 is 37.0 Å². The van der Waals surface area contributed by atoms with Gasteiger partial charge in [0.25, 0.3) is 0 Å². The number of allylic oxidation sites excluding steroid dienone is 2. The van der Waals surface area contributed by atoms with Crippen LogP contribution in [0.5, 0.6) is 5.75 Å². The maximum atomic E-state index is 6.23. The van der Waals surface area contributed by atoms with Crippen LogP contribution < -0.4 is 4.74 Å². The maximum Gasteiger partial charge on any atom is -0.147 e. The van der Waals surface area contributed by atoms with E-state index in [1.165, 1.54) is 55.6 Å². The number of ether oxygens (including phenoxy) is 1. The molecule has 6 rings (SSSR count). The molecule has 4 aromatic rings. The Morgan fingerprint density at radius 3 is 1.64 bits per heavy atom. The SMILES string of the molecule is COc1c(C(C)(C)C)cc2c(c1-c1ccccc1)C=C(C)[CH]2[Zr][CH]1C(C)=Cc2c(-c3ccccc3)cc(C(C)(C)C)cc21.Cl.Cl. The van der Waals surface area contributed by atoms with Gasteiger partial charge in [0, 0.05) is 0 Å². The van der Waals surface area contributed by atoms with Crippen LogP contribution in [0.2, 0.25) is 0 Å². The molecule has 4 heteroatoms. The molecule has 2 aliphatic carbocycles. The van der Waals surface area contributed by atoms with Gasteiger partial charge in [0.1, 0.15) is 0 Å². The van der Waals surface area contributed by atoms with Gasteiger partial charge in [-0.05, 0) is 0 Å². The zero-order valence-corrected chi connectivity index (χ0v) is 32.1. The fourth-order valence-electron chi connectivity index (χ4n) is 6.84. The van der Waals surface area contributed by atoms with Crippen molar-refractivity contribution < 1.29 is 28.0 Å². The molecule has 0 aromatic heterocycles. The van der Waals surface area contributed by atoms with Crippen LogP contribution in [-0.4, -0.2) is 7.11 Å². The summed E-state index contributed by atoms with van der Waals surface area (Å²) in [6, 6.07) is 29.4. The second kappa shape index (κ2) is 13.4. The van der Waals surface area contributed by atoms with E-state index in [2.05, 4.69) is 146 Å². The van der Waals surface area contributed by atoms with Gasteiger partial charge in [-0.15, -0.1) is 24.8 Å². The summed E-state index contributed by atoms with van der Waals surface area (Å²) in [4.78, 5) is 0. The van der Waals surface area contributed by atoms with Crippen LogP contribution in [0.15, 0.2) is 90.0 Å². The molecule has 0 amide bonds. The van der Waals surface area contributed by atoms with Gasteiger partial charge in [-0.2, -0.15) is 0 Å². The van der Waals surface area contributed by atoms with E-state index in [-0.39, 0.29) is 35.6 Å². The van der Waals surface area contributed by atoms with Crippen molar-refractivity contribution in [3.8, 4) is 28.0 Å². The summed E-state index contributed by atoms with van der Waals surface area (Å²) < 4.78 is 7.29. The summed E-state index contributed by atoms with van der Waals surface area (Å²) >= 11 is -1.04. The topological polar surface area (TPSA) is 9.23 Å². The molecule has 45 heavy (non-hydrogen) atoms. The van der Waals surface area contributed by atoms with E-state index in [1.54, 1.807) is 11.1 Å². The first-order valence-electron chi connectivity index (χ1n) is 15.6. The number of hydrogen-bond donors (Lipinski definition) is 0. The van der Waals surface area contributed by atoms with Crippen molar-refractivity contribution in [1.82, 2.24) is 0 Å². The van der Waals surface area contributed by atoms with E-state index < -0.39 is 23.2 Å². The molecular weight excluding hydrogens is 671 g/mol. The second-order valence-electron chi connectivity index (χ2n) is 14.4. The summed E-state index contributed by atoms with van der Waals surface area (Å²) in [6.07, 6.45) is 4.99.